The number of alkyl halides is 1. The molecule has 0 spiro atoms. The van der Waals surface area contributed by atoms with E-state index in [4.69, 9.17) is 28.1 Å². The van der Waals surface area contributed by atoms with Crippen molar-refractivity contribution in [3.8, 4) is 0 Å². The molecular weight excluding hydrogens is 982 g/mol. The molecule has 1 saturated carbocycles. The summed E-state index contributed by atoms with van der Waals surface area (Å²) in [6.07, 6.45) is 9.33. The van der Waals surface area contributed by atoms with Crippen molar-refractivity contribution in [2.75, 3.05) is 27.9 Å². The van der Waals surface area contributed by atoms with Gasteiger partial charge in [0.15, 0.2) is 0 Å². The van der Waals surface area contributed by atoms with Crippen LogP contribution in [0.5, 0.6) is 0 Å². The second-order valence-corrected chi connectivity index (χ2v) is 29.5. The van der Waals surface area contributed by atoms with Crippen LogP contribution >= 0.6 is 22.6 Å². The summed E-state index contributed by atoms with van der Waals surface area (Å²) in [5.41, 5.74) is 2.62. The predicted octanol–water partition coefficient (Wildman–Crippen LogP) is 10.6. The van der Waals surface area contributed by atoms with Gasteiger partial charge in [-0.15, -0.1) is 0 Å². The van der Waals surface area contributed by atoms with Gasteiger partial charge in [-0.1, -0.05) is 116 Å². The molecule has 3 heterocycles. The number of piperidine rings is 1. The van der Waals surface area contributed by atoms with Crippen LogP contribution < -0.4 is 0 Å². The minimum Gasteiger partial charge on any atom is -0.456 e. The molecule has 1 amide bonds. The van der Waals surface area contributed by atoms with Crippen molar-refractivity contribution in [3.05, 3.63) is 23.3 Å². The number of hydrogen-bond donors (Lipinski definition) is 1. The molecule has 4 rings (SSSR count). The highest BCUT2D eigenvalue weighted by Gasteiger charge is 2.57. The lowest BCUT2D eigenvalue weighted by atomic mass is 9.82. The van der Waals surface area contributed by atoms with E-state index >= 15 is 9.59 Å². The number of Topliss-reactive ketones (excluding diaryl/α,β-unsaturated/α-hetero) is 2. The van der Waals surface area contributed by atoms with Crippen LogP contribution in [-0.4, -0.2) is 122 Å². The lowest BCUT2D eigenvalue weighted by Gasteiger charge is -2.47. The molecule has 13 atom stereocenters. The first-order chi connectivity index (χ1) is 31.4. The van der Waals surface area contributed by atoms with Crippen LogP contribution in [0.3, 0.4) is 0 Å². The van der Waals surface area contributed by atoms with Crippen LogP contribution in [0, 0.1) is 23.7 Å². The van der Waals surface area contributed by atoms with Gasteiger partial charge in [0.1, 0.15) is 24.0 Å². The fourth-order valence-corrected chi connectivity index (χ4v) is 19.4. The Morgan fingerprint density at radius 3 is 2.12 bits per heavy atom. The number of halogens is 1. The molecule has 4 aliphatic rings. The van der Waals surface area contributed by atoms with Gasteiger partial charge in [-0.3, -0.25) is 14.4 Å². The highest BCUT2D eigenvalue weighted by atomic mass is 127. The summed E-state index contributed by atoms with van der Waals surface area (Å²) in [6, 6.07) is -1.08. The molecule has 12 nitrogen and oxygen atoms in total. The molecule has 2 saturated heterocycles. The van der Waals surface area contributed by atoms with Crippen LogP contribution in [0.25, 0.3) is 0 Å². The lowest BCUT2D eigenvalue weighted by molar-refractivity contribution is -0.302. The van der Waals surface area contributed by atoms with Gasteiger partial charge in [-0.05, 0) is 113 Å². The zero-order valence-electron chi connectivity index (χ0n) is 44.0. The molecule has 14 heteroatoms. The van der Waals surface area contributed by atoms with Crippen molar-refractivity contribution in [3.63, 3.8) is 0 Å². The quantitative estimate of drug-likeness (QED) is 0.0497. The van der Waals surface area contributed by atoms with E-state index in [1.165, 1.54) is 4.90 Å². The third-order valence-electron chi connectivity index (χ3n) is 16.0. The Labute approximate surface area is 419 Å². The standard InChI is InChI=1S/C53H90INO11Si/c1-16-20-40-26-35(8)25-36(9)27-45(62-14)48-46(63-15)28-38(11)53(60,65-48)49(57)50(58)55-24-18-17-22-42(55)51(59)64-47(37(10)30-52(54)23-19-21-41(31-52)61-13)39(12)44(29-43(40)56)66-67(32(2)3,33(4)5)34(6)7/h26,30,32-34,36,38-42,44-48,60H,16-25,27-29,31H2,1-15H3/b35-26+,37-30?. The van der Waals surface area contributed by atoms with Gasteiger partial charge in [-0.25, -0.2) is 4.79 Å². The normalized spacial score (nSPS) is 37.3. The number of hydrogen-bond acceptors (Lipinski definition) is 11. The van der Waals surface area contributed by atoms with Crippen molar-refractivity contribution in [1.82, 2.24) is 4.90 Å². The number of methoxy groups -OCH3 is 3. The molecule has 384 valence electrons. The summed E-state index contributed by atoms with van der Waals surface area (Å²) >= 11 is 2.53. The highest BCUT2D eigenvalue weighted by molar-refractivity contribution is 14.1. The van der Waals surface area contributed by atoms with E-state index in [0.29, 0.717) is 32.1 Å². The Morgan fingerprint density at radius 2 is 1.54 bits per heavy atom. The number of nitrogens with zero attached hydrogens (tertiary/aromatic N) is 1. The minimum atomic E-state index is -2.63. The van der Waals surface area contributed by atoms with Crippen LogP contribution in [0.4, 0.5) is 0 Å². The first-order valence-corrected chi connectivity index (χ1v) is 29.0. The number of cyclic esters (lactones) is 1. The maximum Gasteiger partial charge on any atom is 0.329 e. The topological polar surface area (TPSA) is 147 Å². The van der Waals surface area contributed by atoms with Gasteiger partial charge in [-0.2, -0.15) is 0 Å². The second kappa shape index (κ2) is 25.2. The van der Waals surface area contributed by atoms with Crippen molar-refractivity contribution in [1.29, 1.82) is 0 Å². The molecule has 0 aromatic heterocycles. The fraction of sp³-hybridized carbons (Fsp3) is 0.849. The van der Waals surface area contributed by atoms with Gasteiger partial charge in [0.25, 0.3) is 11.7 Å². The smallest absolute Gasteiger partial charge is 0.329 e. The van der Waals surface area contributed by atoms with Crippen molar-refractivity contribution in [2.45, 2.75) is 235 Å². The molecule has 3 fully saturated rings. The molecule has 1 N–H and O–H groups in total. The molecule has 0 aromatic carbocycles. The lowest BCUT2D eigenvalue weighted by Crippen LogP contribution is -2.64. The molecule has 2 bridgehead atoms. The number of ketones is 2. The van der Waals surface area contributed by atoms with E-state index in [1.807, 2.05) is 6.92 Å². The molecule has 0 aromatic rings. The molecule has 1 aliphatic carbocycles. The third kappa shape index (κ3) is 13.7. The Bertz CT molecular complexity index is 1710. The Morgan fingerprint density at radius 1 is 0.910 bits per heavy atom. The van der Waals surface area contributed by atoms with Crippen molar-refractivity contribution >= 4 is 54.4 Å². The highest BCUT2D eigenvalue weighted by Crippen LogP contribution is 2.46. The number of esters is 1. The Hall–Kier alpha value is -1.53. The Balaban J connectivity index is 1.96. The first kappa shape index (κ1) is 58.0. The second-order valence-electron chi connectivity index (χ2n) is 22.0. The number of rotatable bonds is 12. The van der Waals surface area contributed by atoms with Crippen molar-refractivity contribution < 1.29 is 52.4 Å². The number of carbonyl (C=O) groups is 4. The van der Waals surface area contributed by atoms with Crippen LogP contribution in [0.1, 0.15) is 167 Å². The van der Waals surface area contributed by atoms with E-state index in [-0.39, 0.29) is 69.6 Å². The summed E-state index contributed by atoms with van der Waals surface area (Å²) in [7, 11) is 2.27. The molecule has 0 radical (unpaired) electrons. The van der Waals surface area contributed by atoms with E-state index < -0.39 is 80.2 Å². The van der Waals surface area contributed by atoms with Crippen LogP contribution in [-0.2, 0) is 47.3 Å². The first-order valence-electron chi connectivity index (χ1n) is 25.7. The minimum absolute atomic E-state index is 0.0572. The molecule has 3 aliphatic heterocycles. The average molecular weight is 1070 g/mol. The Kier molecular flexibility index (Phi) is 21.8. The maximum absolute atomic E-state index is 15.1. The summed E-state index contributed by atoms with van der Waals surface area (Å²) in [6.45, 7) is 25.7. The summed E-state index contributed by atoms with van der Waals surface area (Å²) in [5, 5.41) is 12.3. The summed E-state index contributed by atoms with van der Waals surface area (Å²) in [5.74, 6) is -6.67. The van der Waals surface area contributed by atoms with Gasteiger partial charge in [0, 0.05) is 55.5 Å². The van der Waals surface area contributed by atoms with E-state index in [1.54, 1.807) is 28.3 Å². The van der Waals surface area contributed by atoms with Crippen molar-refractivity contribution in [2.24, 2.45) is 23.7 Å². The monoisotopic (exact) mass is 1070 g/mol. The van der Waals surface area contributed by atoms with Gasteiger partial charge in [0.05, 0.1) is 24.4 Å². The van der Waals surface area contributed by atoms with Crippen LogP contribution in [0.2, 0.25) is 16.6 Å². The SMILES string of the molecule is CCCC1/C=C(\C)CC(C)CC(OC)C2OC(O)(C(=O)C(=O)N3CCCCC3C(=O)OC(C(C)=CC3(I)CCCC(OC)C3)C(C)C(O[Si](C(C)C)(C(C)C)C(C)C)CC1=O)C(C)CC2OC. The number of aliphatic hydroxyl groups is 1. The van der Waals surface area contributed by atoms with Gasteiger partial charge >= 0.3 is 5.97 Å². The number of amides is 1. The summed E-state index contributed by atoms with van der Waals surface area (Å²) in [4.78, 5) is 60.6. The summed E-state index contributed by atoms with van der Waals surface area (Å²) < 4.78 is 38.4. The number of fused-ring (bicyclic) bond motifs is 3. The number of ether oxygens (including phenoxy) is 5. The molecule has 67 heavy (non-hydrogen) atoms. The van der Waals surface area contributed by atoms with E-state index in [9.17, 15) is 14.7 Å². The largest absolute Gasteiger partial charge is 0.456 e. The van der Waals surface area contributed by atoms with Gasteiger partial charge < -0.3 is 38.1 Å². The van der Waals surface area contributed by atoms with Crippen LogP contribution in [0.15, 0.2) is 23.3 Å². The zero-order chi connectivity index (χ0) is 50.2. The van der Waals surface area contributed by atoms with Gasteiger partial charge in [0.2, 0.25) is 14.1 Å². The van der Waals surface area contributed by atoms with E-state index in [0.717, 1.165) is 43.3 Å². The predicted molar refractivity (Wildman–Crippen MR) is 274 cm³/mol. The number of allylic oxidation sites excluding steroid dienone is 3. The zero-order valence-corrected chi connectivity index (χ0v) is 47.1. The third-order valence-corrected chi connectivity index (χ3v) is 23.4. The molecule has 13 unspecified atom stereocenters. The molecular formula is C53H90INO11Si. The van der Waals surface area contributed by atoms with E-state index in [2.05, 4.69) is 104 Å². The number of carbonyl (C=O) groups excluding carboxylic acids is 4. The average Bonchev–Trinajstić information content (AvgIpc) is 3.27. The fourth-order valence-electron chi connectivity index (χ4n) is 12.4. The maximum atomic E-state index is 15.1.